The molecule has 0 unspecified atom stereocenters. The Morgan fingerprint density at radius 2 is 1.83 bits per heavy atom. The number of carbonyl (C=O) groups is 1. The normalized spacial score (nSPS) is 10.7. The van der Waals surface area contributed by atoms with Crippen molar-refractivity contribution in [3.63, 3.8) is 0 Å². The number of hydrogen-bond acceptors (Lipinski definition) is 5. The van der Waals surface area contributed by atoms with Crippen LogP contribution in [0, 0.1) is 6.92 Å². The largest absolute Gasteiger partial charge is 0.351 e. The fraction of sp³-hybridized carbons (Fsp3) is 0.235. The minimum atomic E-state index is 0.0604. The van der Waals surface area contributed by atoms with E-state index in [1.807, 2.05) is 48.3 Å². The van der Waals surface area contributed by atoms with Crippen LogP contribution < -0.4 is 5.32 Å². The standard InChI is InChI=1S/C17H17N3OS2/c1-12-14(22-10-19-12)7-8-16(21)18-9-15-17(20-11-23-15)13-5-3-2-4-6-13/h2-6,10-11H,7-9H2,1H3,(H,18,21). The Morgan fingerprint density at radius 3 is 2.57 bits per heavy atom. The predicted octanol–water partition coefficient (Wildman–Crippen LogP) is 3.82. The molecule has 0 fully saturated rings. The van der Waals surface area contributed by atoms with Crippen molar-refractivity contribution in [3.8, 4) is 11.3 Å². The molecule has 3 rings (SSSR count). The van der Waals surface area contributed by atoms with Crippen LogP contribution >= 0.6 is 22.7 Å². The number of hydrogen-bond donors (Lipinski definition) is 1. The Balaban J connectivity index is 1.56. The molecule has 2 aromatic heterocycles. The van der Waals surface area contributed by atoms with Crippen molar-refractivity contribution in [2.24, 2.45) is 0 Å². The summed E-state index contributed by atoms with van der Waals surface area (Å²) in [4.78, 5) is 22.9. The summed E-state index contributed by atoms with van der Waals surface area (Å²) in [5.74, 6) is 0.0604. The fourth-order valence-electron chi connectivity index (χ4n) is 2.29. The van der Waals surface area contributed by atoms with Crippen molar-refractivity contribution >= 4 is 28.6 Å². The first-order chi connectivity index (χ1) is 11.2. The van der Waals surface area contributed by atoms with Crippen LogP contribution in [0.25, 0.3) is 11.3 Å². The van der Waals surface area contributed by atoms with Gasteiger partial charge in [0.1, 0.15) is 0 Å². The van der Waals surface area contributed by atoms with E-state index < -0.39 is 0 Å². The number of benzene rings is 1. The molecule has 0 radical (unpaired) electrons. The van der Waals surface area contributed by atoms with Gasteiger partial charge in [-0.3, -0.25) is 4.79 Å². The summed E-state index contributed by atoms with van der Waals surface area (Å²) >= 11 is 3.18. The van der Waals surface area contributed by atoms with Crippen molar-refractivity contribution in [1.82, 2.24) is 15.3 Å². The van der Waals surface area contributed by atoms with Gasteiger partial charge in [-0.15, -0.1) is 22.7 Å². The summed E-state index contributed by atoms with van der Waals surface area (Å²) in [5.41, 5.74) is 6.71. The number of aromatic nitrogens is 2. The van der Waals surface area contributed by atoms with E-state index in [2.05, 4.69) is 15.3 Å². The van der Waals surface area contributed by atoms with Crippen LogP contribution in [-0.4, -0.2) is 15.9 Å². The van der Waals surface area contributed by atoms with Gasteiger partial charge in [0.15, 0.2) is 0 Å². The van der Waals surface area contributed by atoms with Crippen molar-refractivity contribution in [2.75, 3.05) is 0 Å². The Hall–Kier alpha value is -2.05. The number of amides is 1. The van der Waals surface area contributed by atoms with E-state index in [4.69, 9.17) is 0 Å². The molecule has 6 heteroatoms. The molecule has 4 nitrogen and oxygen atoms in total. The average molecular weight is 343 g/mol. The second-order valence-electron chi connectivity index (χ2n) is 5.13. The van der Waals surface area contributed by atoms with Crippen LogP contribution in [0.3, 0.4) is 0 Å². The van der Waals surface area contributed by atoms with Gasteiger partial charge in [-0.1, -0.05) is 30.3 Å². The highest BCUT2D eigenvalue weighted by Crippen LogP contribution is 2.25. The molecular weight excluding hydrogens is 326 g/mol. The molecule has 2 heterocycles. The first-order valence-corrected chi connectivity index (χ1v) is 9.13. The summed E-state index contributed by atoms with van der Waals surface area (Å²) in [6.07, 6.45) is 1.24. The summed E-state index contributed by atoms with van der Waals surface area (Å²) in [7, 11) is 0. The maximum Gasteiger partial charge on any atom is 0.220 e. The molecule has 3 aromatic rings. The number of thiazole rings is 2. The third-order valence-electron chi connectivity index (χ3n) is 3.56. The van der Waals surface area contributed by atoms with E-state index in [9.17, 15) is 4.79 Å². The minimum Gasteiger partial charge on any atom is -0.351 e. The number of nitrogens with zero attached hydrogens (tertiary/aromatic N) is 2. The van der Waals surface area contributed by atoms with Gasteiger partial charge in [-0.2, -0.15) is 0 Å². The Morgan fingerprint density at radius 1 is 1.09 bits per heavy atom. The summed E-state index contributed by atoms with van der Waals surface area (Å²) in [6, 6.07) is 10.0. The van der Waals surface area contributed by atoms with E-state index >= 15 is 0 Å². The van der Waals surface area contributed by atoms with Crippen LogP contribution in [0.5, 0.6) is 0 Å². The number of rotatable bonds is 6. The molecule has 1 aromatic carbocycles. The number of aryl methyl sites for hydroxylation is 2. The first-order valence-electron chi connectivity index (χ1n) is 7.37. The number of carbonyl (C=O) groups excluding carboxylic acids is 1. The van der Waals surface area contributed by atoms with Crippen LogP contribution in [0.15, 0.2) is 41.4 Å². The lowest BCUT2D eigenvalue weighted by molar-refractivity contribution is -0.121. The van der Waals surface area contributed by atoms with Gasteiger partial charge in [-0.25, -0.2) is 9.97 Å². The van der Waals surface area contributed by atoms with Crippen LogP contribution in [0.2, 0.25) is 0 Å². The molecule has 0 spiro atoms. The van der Waals surface area contributed by atoms with Gasteiger partial charge in [-0.05, 0) is 13.3 Å². The highest BCUT2D eigenvalue weighted by atomic mass is 32.1. The van der Waals surface area contributed by atoms with Crippen molar-refractivity contribution in [3.05, 3.63) is 56.8 Å². The zero-order valence-corrected chi connectivity index (χ0v) is 14.4. The maximum atomic E-state index is 12.0. The van der Waals surface area contributed by atoms with Crippen LogP contribution in [0.4, 0.5) is 0 Å². The van der Waals surface area contributed by atoms with Crippen molar-refractivity contribution < 1.29 is 4.79 Å². The average Bonchev–Trinajstić information content (AvgIpc) is 3.20. The monoisotopic (exact) mass is 343 g/mol. The van der Waals surface area contributed by atoms with Gasteiger partial charge in [0, 0.05) is 16.9 Å². The van der Waals surface area contributed by atoms with Gasteiger partial charge in [0.2, 0.25) is 5.91 Å². The van der Waals surface area contributed by atoms with Crippen LogP contribution in [0.1, 0.15) is 21.9 Å². The second kappa shape index (κ2) is 7.48. The Kier molecular flexibility index (Phi) is 5.15. The van der Waals surface area contributed by atoms with Gasteiger partial charge < -0.3 is 5.32 Å². The molecule has 1 amide bonds. The molecule has 0 bridgehead atoms. The SMILES string of the molecule is Cc1ncsc1CCC(=O)NCc1scnc1-c1ccccc1. The molecule has 0 saturated heterocycles. The Labute approximate surface area is 143 Å². The molecular formula is C17H17N3OS2. The van der Waals surface area contributed by atoms with E-state index in [1.54, 1.807) is 22.7 Å². The molecule has 0 aliphatic heterocycles. The van der Waals surface area contributed by atoms with Crippen molar-refractivity contribution in [1.29, 1.82) is 0 Å². The quantitative estimate of drug-likeness (QED) is 0.740. The molecule has 118 valence electrons. The van der Waals surface area contributed by atoms with Gasteiger partial charge >= 0.3 is 0 Å². The van der Waals surface area contributed by atoms with E-state index in [0.717, 1.165) is 28.2 Å². The summed E-state index contributed by atoms with van der Waals surface area (Å²) < 4.78 is 0. The highest BCUT2D eigenvalue weighted by molar-refractivity contribution is 7.10. The van der Waals surface area contributed by atoms with E-state index in [-0.39, 0.29) is 5.91 Å². The molecule has 0 saturated carbocycles. The van der Waals surface area contributed by atoms with E-state index in [0.29, 0.717) is 13.0 Å². The van der Waals surface area contributed by atoms with Crippen LogP contribution in [-0.2, 0) is 17.8 Å². The lowest BCUT2D eigenvalue weighted by Crippen LogP contribution is -2.22. The number of nitrogens with one attached hydrogen (secondary N) is 1. The predicted molar refractivity (Wildman–Crippen MR) is 94.6 cm³/mol. The smallest absolute Gasteiger partial charge is 0.220 e. The zero-order chi connectivity index (χ0) is 16.1. The lowest BCUT2D eigenvalue weighted by Gasteiger charge is -2.05. The van der Waals surface area contributed by atoms with E-state index in [1.165, 1.54) is 4.88 Å². The zero-order valence-electron chi connectivity index (χ0n) is 12.8. The third-order valence-corrected chi connectivity index (χ3v) is 5.39. The topological polar surface area (TPSA) is 54.9 Å². The summed E-state index contributed by atoms with van der Waals surface area (Å²) in [6.45, 7) is 2.50. The van der Waals surface area contributed by atoms with Gasteiger partial charge in [0.25, 0.3) is 0 Å². The minimum absolute atomic E-state index is 0.0604. The van der Waals surface area contributed by atoms with Crippen molar-refractivity contribution in [2.45, 2.75) is 26.3 Å². The Bertz CT molecular complexity index is 780. The second-order valence-corrected chi connectivity index (χ2v) is 7.01. The third kappa shape index (κ3) is 4.03. The summed E-state index contributed by atoms with van der Waals surface area (Å²) in [5, 5.41) is 2.99. The molecule has 23 heavy (non-hydrogen) atoms. The fourth-order valence-corrected chi connectivity index (χ4v) is 3.79. The molecule has 1 N–H and O–H groups in total. The highest BCUT2D eigenvalue weighted by Gasteiger charge is 2.10. The first kappa shape index (κ1) is 15.8. The maximum absolute atomic E-state index is 12.0. The molecule has 0 atom stereocenters. The molecule has 0 aliphatic rings. The molecule has 0 aliphatic carbocycles. The van der Waals surface area contributed by atoms with Gasteiger partial charge in [0.05, 0.1) is 33.8 Å². The lowest BCUT2D eigenvalue weighted by atomic mass is 10.1.